The van der Waals surface area contributed by atoms with Crippen LogP contribution in [0.1, 0.15) is 24.0 Å². The zero-order valence-corrected chi connectivity index (χ0v) is 16.7. The number of rotatable bonds is 5. The van der Waals surface area contributed by atoms with Crippen molar-refractivity contribution in [2.45, 2.75) is 25.9 Å². The molecule has 0 unspecified atom stereocenters. The quantitative estimate of drug-likeness (QED) is 0.661. The minimum atomic E-state index is 0.108. The first-order valence-electron chi connectivity index (χ1n) is 9.90. The van der Waals surface area contributed by atoms with E-state index in [4.69, 9.17) is 11.6 Å². The van der Waals surface area contributed by atoms with Crippen LogP contribution in [0, 0.1) is 5.92 Å². The van der Waals surface area contributed by atoms with E-state index in [1.807, 2.05) is 24.3 Å². The molecule has 4 heteroatoms. The Morgan fingerprint density at radius 1 is 0.964 bits per heavy atom. The van der Waals surface area contributed by atoms with E-state index in [0.717, 1.165) is 37.5 Å². The van der Waals surface area contributed by atoms with E-state index in [2.05, 4.69) is 52.7 Å². The standard InChI is InChI=1S/C24H25ClN2O/c25-22-10-8-18(9-11-22)17-27-14-12-20(13-15-27)24(28)26-16-21-6-3-5-19-4-1-2-7-23(19)21/h1-11,20H,12-17H2,(H,26,28). The molecule has 0 saturated carbocycles. The lowest BCUT2D eigenvalue weighted by atomic mass is 9.95. The summed E-state index contributed by atoms with van der Waals surface area (Å²) in [5.41, 5.74) is 2.44. The molecule has 0 aliphatic carbocycles. The molecule has 1 N–H and O–H groups in total. The van der Waals surface area contributed by atoms with Crippen molar-refractivity contribution in [1.82, 2.24) is 10.2 Å². The number of carbonyl (C=O) groups excluding carboxylic acids is 1. The van der Waals surface area contributed by atoms with Gasteiger partial charge in [0.05, 0.1) is 0 Å². The Balaban J connectivity index is 1.28. The lowest BCUT2D eigenvalue weighted by Gasteiger charge is -2.31. The van der Waals surface area contributed by atoms with Crippen molar-refractivity contribution >= 4 is 28.3 Å². The van der Waals surface area contributed by atoms with Crippen LogP contribution in [0.25, 0.3) is 10.8 Å². The van der Waals surface area contributed by atoms with Crippen molar-refractivity contribution in [1.29, 1.82) is 0 Å². The number of carbonyl (C=O) groups is 1. The predicted octanol–water partition coefficient (Wildman–Crippen LogP) is 5.02. The molecule has 1 aliphatic heterocycles. The van der Waals surface area contributed by atoms with Gasteiger partial charge >= 0.3 is 0 Å². The molecule has 0 atom stereocenters. The van der Waals surface area contributed by atoms with Gasteiger partial charge in [0, 0.05) is 24.0 Å². The molecule has 1 aliphatic rings. The molecule has 28 heavy (non-hydrogen) atoms. The van der Waals surface area contributed by atoms with E-state index >= 15 is 0 Å². The van der Waals surface area contributed by atoms with Gasteiger partial charge in [0.2, 0.25) is 5.91 Å². The normalized spacial score (nSPS) is 15.6. The fourth-order valence-electron chi connectivity index (χ4n) is 3.97. The number of nitrogens with one attached hydrogen (secondary N) is 1. The summed E-state index contributed by atoms with van der Waals surface area (Å²) in [7, 11) is 0. The minimum absolute atomic E-state index is 0.108. The van der Waals surface area contributed by atoms with E-state index in [9.17, 15) is 4.79 Å². The number of piperidine rings is 1. The number of hydrogen-bond acceptors (Lipinski definition) is 2. The Morgan fingerprint density at radius 2 is 1.68 bits per heavy atom. The Morgan fingerprint density at radius 3 is 2.46 bits per heavy atom. The summed E-state index contributed by atoms with van der Waals surface area (Å²) in [4.78, 5) is 15.1. The Labute approximate surface area is 171 Å². The molecule has 1 saturated heterocycles. The van der Waals surface area contributed by atoms with Crippen molar-refractivity contribution in [3.8, 4) is 0 Å². The van der Waals surface area contributed by atoms with Crippen molar-refractivity contribution in [2.75, 3.05) is 13.1 Å². The van der Waals surface area contributed by atoms with Gasteiger partial charge in [0.25, 0.3) is 0 Å². The fourth-order valence-corrected chi connectivity index (χ4v) is 4.10. The van der Waals surface area contributed by atoms with Crippen LogP contribution in [0.3, 0.4) is 0 Å². The highest BCUT2D eigenvalue weighted by atomic mass is 35.5. The van der Waals surface area contributed by atoms with Crippen LogP contribution in [-0.4, -0.2) is 23.9 Å². The number of fused-ring (bicyclic) bond motifs is 1. The van der Waals surface area contributed by atoms with Crippen LogP contribution in [0.2, 0.25) is 5.02 Å². The summed E-state index contributed by atoms with van der Waals surface area (Å²) < 4.78 is 0. The summed E-state index contributed by atoms with van der Waals surface area (Å²) in [6.07, 6.45) is 1.82. The second kappa shape index (κ2) is 8.76. The van der Waals surface area contributed by atoms with E-state index in [0.29, 0.717) is 6.54 Å². The summed E-state index contributed by atoms with van der Waals surface area (Å²) in [6, 6.07) is 22.6. The topological polar surface area (TPSA) is 32.3 Å². The molecule has 3 aromatic carbocycles. The predicted molar refractivity (Wildman–Crippen MR) is 115 cm³/mol. The number of benzene rings is 3. The number of hydrogen-bond donors (Lipinski definition) is 1. The first-order valence-corrected chi connectivity index (χ1v) is 10.3. The molecule has 3 aromatic rings. The van der Waals surface area contributed by atoms with E-state index in [1.54, 1.807) is 0 Å². The molecular formula is C24H25ClN2O. The maximum Gasteiger partial charge on any atom is 0.223 e. The second-order valence-corrected chi connectivity index (χ2v) is 7.97. The molecule has 0 aromatic heterocycles. The van der Waals surface area contributed by atoms with Gasteiger partial charge < -0.3 is 5.32 Å². The Hall–Kier alpha value is -2.36. The third-order valence-electron chi connectivity index (χ3n) is 5.61. The summed E-state index contributed by atoms with van der Waals surface area (Å²) in [5.74, 6) is 0.288. The van der Waals surface area contributed by atoms with E-state index in [-0.39, 0.29) is 11.8 Å². The average Bonchev–Trinajstić information content (AvgIpc) is 2.74. The third kappa shape index (κ3) is 4.54. The zero-order chi connectivity index (χ0) is 19.3. The van der Waals surface area contributed by atoms with Crippen LogP contribution in [0.4, 0.5) is 0 Å². The molecule has 0 radical (unpaired) electrons. The van der Waals surface area contributed by atoms with Crippen LogP contribution in [0.15, 0.2) is 66.7 Å². The minimum Gasteiger partial charge on any atom is -0.352 e. The highest BCUT2D eigenvalue weighted by Crippen LogP contribution is 2.21. The smallest absolute Gasteiger partial charge is 0.223 e. The molecule has 1 amide bonds. The first kappa shape index (κ1) is 19.0. The number of likely N-dealkylation sites (tertiary alicyclic amines) is 1. The van der Waals surface area contributed by atoms with Gasteiger partial charge in [-0.2, -0.15) is 0 Å². The van der Waals surface area contributed by atoms with Crippen LogP contribution in [0.5, 0.6) is 0 Å². The zero-order valence-electron chi connectivity index (χ0n) is 15.9. The van der Waals surface area contributed by atoms with Gasteiger partial charge in [-0.15, -0.1) is 0 Å². The van der Waals surface area contributed by atoms with Gasteiger partial charge in [-0.1, -0.05) is 66.2 Å². The SMILES string of the molecule is O=C(NCc1cccc2ccccc12)C1CCN(Cc2ccc(Cl)cc2)CC1. The van der Waals surface area contributed by atoms with E-state index in [1.165, 1.54) is 21.9 Å². The second-order valence-electron chi connectivity index (χ2n) is 7.53. The van der Waals surface area contributed by atoms with Crippen LogP contribution < -0.4 is 5.32 Å². The lowest BCUT2D eigenvalue weighted by Crippen LogP contribution is -2.40. The van der Waals surface area contributed by atoms with Gasteiger partial charge in [-0.3, -0.25) is 9.69 Å². The molecular weight excluding hydrogens is 368 g/mol. The molecule has 1 heterocycles. The van der Waals surface area contributed by atoms with Gasteiger partial charge in [-0.25, -0.2) is 0 Å². The lowest BCUT2D eigenvalue weighted by molar-refractivity contribution is -0.126. The highest BCUT2D eigenvalue weighted by molar-refractivity contribution is 6.30. The number of halogens is 1. The summed E-state index contributed by atoms with van der Waals surface area (Å²) >= 11 is 5.96. The average molecular weight is 393 g/mol. The van der Waals surface area contributed by atoms with Crippen LogP contribution in [-0.2, 0) is 17.9 Å². The summed E-state index contributed by atoms with van der Waals surface area (Å²) in [6.45, 7) is 3.41. The van der Waals surface area contributed by atoms with E-state index < -0.39 is 0 Å². The van der Waals surface area contributed by atoms with Gasteiger partial charge in [-0.05, 0) is 60.0 Å². The van der Waals surface area contributed by atoms with Gasteiger partial charge in [0.1, 0.15) is 0 Å². The summed E-state index contributed by atoms with van der Waals surface area (Å²) in [5, 5.41) is 6.35. The number of amides is 1. The third-order valence-corrected chi connectivity index (χ3v) is 5.86. The maximum absolute atomic E-state index is 12.7. The molecule has 0 spiro atoms. The van der Waals surface area contributed by atoms with Crippen molar-refractivity contribution in [3.05, 3.63) is 82.9 Å². The molecule has 144 valence electrons. The molecule has 4 rings (SSSR count). The Bertz CT molecular complexity index is 941. The highest BCUT2D eigenvalue weighted by Gasteiger charge is 2.24. The van der Waals surface area contributed by atoms with Crippen LogP contribution >= 0.6 is 11.6 Å². The first-order chi connectivity index (χ1) is 13.7. The Kier molecular flexibility index (Phi) is 5.94. The monoisotopic (exact) mass is 392 g/mol. The van der Waals surface area contributed by atoms with Gasteiger partial charge in [0.15, 0.2) is 0 Å². The fraction of sp³-hybridized carbons (Fsp3) is 0.292. The number of nitrogens with zero attached hydrogens (tertiary/aromatic N) is 1. The van der Waals surface area contributed by atoms with Crippen molar-refractivity contribution in [2.24, 2.45) is 5.92 Å². The largest absolute Gasteiger partial charge is 0.352 e. The van der Waals surface area contributed by atoms with Crippen molar-refractivity contribution < 1.29 is 4.79 Å². The van der Waals surface area contributed by atoms with Crippen molar-refractivity contribution in [3.63, 3.8) is 0 Å². The molecule has 3 nitrogen and oxygen atoms in total. The maximum atomic E-state index is 12.7. The molecule has 0 bridgehead atoms. The molecule has 1 fully saturated rings.